The third-order valence-corrected chi connectivity index (χ3v) is 7.62. The van der Waals surface area contributed by atoms with Crippen molar-refractivity contribution in [3.05, 3.63) is 29.8 Å². The molecule has 2 aromatic rings. The standard InChI is InChI=1S/C27H33F5N6O2/c1-17-2-3-19(34-25(39)38-7-5-18(16-38)14-27(30,31)32)12-21(17)22-13-23(33-20-4-6-26(28,29)15-20)36-24(35-22)37-8-10-40-11-9-37/h2-3,12-13,18,20H,4-11,14-16H2,1H3,(H,34,39)(H,33,35,36). The van der Waals surface area contributed by atoms with E-state index in [-0.39, 0.29) is 25.9 Å². The average molecular weight is 569 g/mol. The molecule has 218 valence electrons. The van der Waals surface area contributed by atoms with Crippen LogP contribution in [-0.2, 0) is 4.74 Å². The lowest BCUT2D eigenvalue weighted by Gasteiger charge is -2.28. The Labute approximate surface area is 229 Å². The Morgan fingerprint density at radius 2 is 1.90 bits per heavy atom. The first-order valence-electron chi connectivity index (χ1n) is 13.5. The maximum Gasteiger partial charge on any atom is 0.389 e. The molecule has 5 rings (SSSR count). The van der Waals surface area contributed by atoms with Crippen LogP contribution in [0.5, 0.6) is 0 Å². The van der Waals surface area contributed by atoms with E-state index in [0.717, 1.165) is 5.56 Å². The van der Waals surface area contributed by atoms with Crippen molar-refractivity contribution in [3.8, 4) is 11.3 Å². The number of carbonyl (C=O) groups excluding carboxylic acids is 1. The second-order valence-corrected chi connectivity index (χ2v) is 10.9. The van der Waals surface area contributed by atoms with Crippen LogP contribution in [0.1, 0.15) is 37.7 Å². The van der Waals surface area contributed by atoms with Gasteiger partial charge in [0, 0.05) is 68.8 Å². The number of alkyl halides is 5. The summed E-state index contributed by atoms with van der Waals surface area (Å²) >= 11 is 0. The van der Waals surface area contributed by atoms with Crippen molar-refractivity contribution in [1.82, 2.24) is 14.9 Å². The number of aromatic nitrogens is 2. The number of carbonyl (C=O) groups is 1. The van der Waals surface area contributed by atoms with Crippen LogP contribution in [0.15, 0.2) is 24.3 Å². The zero-order valence-electron chi connectivity index (χ0n) is 22.2. The van der Waals surface area contributed by atoms with Gasteiger partial charge in [0.15, 0.2) is 0 Å². The van der Waals surface area contributed by atoms with Crippen molar-refractivity contribution in [3.63, 3.8) is 0 Å². The molecular weight excluding hydrogens is 535 g/mol. The molecule has 2 N–H and O–H groups in total. The summed E-state index contributed by atoms with van der Waals surface area (Å²) in [6.07, 6.45) is -4.96. The van der Waals surface area contributed by atoms with Gasteiger partial charge in [-0.15, -0.1) is 0 Å². The fourth-order valence-corrected chi connectivity index (χ4v) is 5.52. The number of urea groups is 1. The van der Waals surface area contributed by atoms with Crippen LogP contribution in [0.25, 0.3) is 11.3 Å². The molecule has 0 radical (unpaired) electrons. The van der Waals surface area contributed by atoms with Crippen molar-refractivity contribution in [2.75, 3.05) is 54.9 Å². The molecule has 2 amide bonds. The number of nitrogens with zero attached hydrogens (tertiary/aromatic N) is 4. The van der Waals surface area contributed by atoms with Gasteiger partial charge in [0.1, 0.15) is 5.82 Å². The minimum atomic E-state index is -4.26. The van der Waals surface area contributed by atoms with Gasteiger partial charge < -0.3 is 25.2 Å². The molecule has 0 bridgehead atoms. The van der Waals surface area contributed by atoms with Gasteiger partial charge in [-0.25, -0.2) is 18.6 Å². The van der Waals surface area contributed by atoms with E-state index in [0.29, 0.717) is 67.9 Å². The van der Waals surface area contributed by atoms with Crippen LogP contribution in [-0.4, -0.2) is 78.4 Å². The molecule has 3 fully saturated rings. The van der Waals surface area contributed by atoms with E-state index in [1.165, 1.54) is 4.90 Å². The summed E-state index contributed by atoms with van der Waals surface area (Å²) in [7, 11) is 0. The summed E-state index contributed by atoms with van der Waals surface area (Å²) in [5.74, 6) is -2.42. The van der Waals surface area contributed by atoms with Crippen molar-refractivity contribution >= 4 is 23.5 Å². The number of hydrogen-bond acceptors (Lipinski definition) is 6. The number of aryl methyl sites for hydroxylation is 1. The molecule has 2 atom stereocenters. The number of halogens is 5. The van der Waals surface area contributed by atoms with Crippen LogP contribution in [0.4, 0.5) is 44.2 Å². The lowest BCUT2D eigenvalue weighted by atomic mass is 10.0. The van der Waals surface area contributed by atoms with Gasteiger partial charge in [-0.05, 0) is 43.4 Å². The number of hydrogen-bond donors (Lipinski definition) is 2. The first kappa shape index (κ1) is 28.3. The Kier molecular flexibility index (Phi) is 8.03. The molecule has 1 aromatic heterocycles. The molecule has 2 aliphatic heterocycles. The van der Waals surface area contributed by atoms with E-state index in [9.17, 15) is 26.7 Å². The molecule has 13 heteroatoms. The van der Waals surface area contributed by atoms with Crippen LogP contribution < -0.4 is 15.5 Å². The van der Waals surface area contributed by atoms with Gasteiger partial charge >= 0.3 is 12.2 Å². The zero-order chi connectivity index (χ0) is 28.5. The monoisotopic (exact) mass is 568 g/mol. The molecule has 1 saturated carbocycles. The first-order valence-corrected chi connectivity index (χ1v) is 13.5. The Hall–Kier alpha value is -3.22. The smallest absolute Gasteiger partial charge is 0.378 e. The Morgan fingerprint density at radius 3 is 2.60 bits per heavy atom. The summed E-state index contributed by atoms with van der Waals surface area (Å²) in [5, 5.41) is 5.97. The van der Waals surface area contributed by atoms with Gasteiger partial charge in [-0.1, -0.05) is 6.07 Å². The Bertz CT molecular complexity index is 1220. The highest BCUT2D eigenvalue weighted by atomic mass is 19.4. The number of amides is 2. The molecule has 3 heterocycles. The molecule has 1 aliphatic carbocycles. The zero-order valence-corrected chi connectivity index (χ0v) is 22.2. The summed E-state index contributed by atoms with van der Waals surface area (Å²) in [6.45, 7) is 4.42. The van der Waals surface area contributed by atoms with Crippen molar-refractivity contribution < 1.29 is 31.5 Å². The van der Waals surface area contributed by atoms with Gasteiger partial charge in [0.2, 0.25) is 11.9 Å². The summed E-state index contributed by atoms with van der Waals surface area (Å²) < 4.78 is 71.4. The predicted octanol–water partition coefficient (Wildman–Crippen LogP) is 5.69. The van der Waals surface area contributed by atoms with Crippen LogP contribution in [0.2, 0.25) is 0 Å². The lowest BCUT2D eigenvalue weighted by molar-refractivity contribution is -0.143. The minimum absolute atomic E-state index is 0.0497. The fraction of sp³-hybridized carbons (Fsp3) is 0.593. The van der Waals surface area contributed by atoms with Gasteiger partial charge in [-0.2, -0.15) is 18.2 Å². The molecular formula is C27H33F5N6O2. The highest BCUT2D eigenvalue weighted by Gasteiger charge is 2.40. The number of rotatable bonds is 6. The second kappa shape index (κ2) is 11.3. The SMILES string of the molecule is Cc1ccc(NC(=O)N2CCC(CC(F)(F)F)C2)cc1-c1cc(NC2CCC(F)(F)C2)nc(N2CCOCC2)n1. The molecule has 3 aliphatic rings. The van der Waals surface area contributed by atoms with Crippen molar-refractivity contribution in [2.24, 2.45) is 5.92 Å². The number of nitrogens with one attached hydrogen (secondary N) is 2. The molecule has 2 unspecified atom stereocenters. The summed E-state index contributed by atoms with van der Waals surface area (Å²) in [4.78, 5) is 25.6. The molecule has 2 saturated heterocycles. The Morgan fingerprint density at radius 1 is 1.12 bits per heavy atom. The molecule has 1 aromatic carbocycles. The number of benzene rings is 1. The summed E-state index contributed by atoms with van der Waals surface area (Å²) in [5.41, 5.74) is 2.62. The van der Waals surface area contributed by atoms with Crippen LogP contribution >= 0.6 is 0 Å². The number of anilines is 3. The van der Waals surface area contributed by atoms with Gasteiger partial charge in [0.25, 0.3) is 0 Å². The molecule has 8 nitrogen and oxygen atoms in total. The lowest BCUT2D eigenvalue weighted by Crippen LogP contribution is -2.37. The third kappa shape index (κ3) is 7.10. The number of morpholine rings is 1. The van der Waals surface area contributed by atoms with Crippen LogP contribution in [0, 0.1) is 12.8 Å². The maximum absolute atomic E-state index is 13.8. The van der Waals surface area contributed by atoms with Gasteiger partial charge in [-0.3, -0.25) is 0 Å². The van der Waals surface area contributed by atoms with Crippen molar-refractivity contribution in [2.45, 2.75) is 57.2 Å². The minimum Gasteiger partial charge on any atom is -0.378 e. The first-order chi connectivity index (χ1) is 18.9. The topological polar surface area (TPSA) is 82.6 Å². The molecule has 40 heavy (non-hydrogen) atoms. The summed E-state index contributed by atoms with van der Waals surface area (Å²) in [6, 6.07) is 6.16. The molecule has 0 spiro atoms. The third-order valence-electron chi connectivity index (χ3n) is 7.62. The van der Waals surface area contributed by atoms with E-state index >= 15 is 0 Å². The van der Waals surface area contributed by atoms with E-state index in [4.69, 9.17) is 9.72 Å². The highest BCUT2D eigenvalue weighted by Crippen LogP contribution is 2.37. The van der Waals surface area contributed by atoms with E-state index in [2.05, 4.69) is 15.6 Å². The van der Waals surface area contributed by atoms with Gasteiger partial charge in [0.05, 0.1) is 18.9 Å². The number of ether oxygens (including phenoxy) is 1. The average Bonchev–Trinajstić information content (AvgIpc) is 3.49. The Balaban J connectivity index is 1.37. The largest absolute Gasteiger partial charge is 0.389 e. The van der Waals surface area contributed by atoms with Crippen molar-refractivity contribution in [1.29, 1.82) is 0 Å². The normalized spacial score (nSPS) is 22.9. The van der Waals surface area contributed by atoms with Crippen LogP contribution in [0.3, 0.4) is 0 Å². The number of likely N-dealkylation sites (tertiary alicyclic amines) is 1. The van der Waals surface area contributed by atoms with E-state index in [1.54, 1.807) is 18.2 Å². The second-order valence-electron chi connectivity index (χ2n) is 10.9. The van der Waals surface area contributed by atoms with E-state index < -0.39 is 36.5 Å². The fourth-order valence-electron chi connectivity index (χ4n) is 5.52. The predicted molar refractivity (Wildman–Crippen MR) is 141 cm³/mol. The highest BCUT2D eigenvalue weighted by molar-refractivity contribution is 5.90. The van der Waals surface area contributed by atoms with E-state index in [1.807, 2.05) is 17.9 Å². The maximum atomic E-state index is 13.8. The quantitative estimate of drug-likeness (QED) is 0.436.